The number of rotatable bonds is 7. The standard InChI is InChI=1S/C22H26F3N7O5/c1-12(22(23,24)25)27-20(35)18-26-8-15-19(30-18)32(13-4-3-7-31(15)9-13)21(36)29-16-5-2-6-17(28-16)37-11-14(34)10-33/h2,5-6,8,12-14,33-34H,3-4,7,9-11H2,1H3,(H,27,35)(H,28,29,36)/t12-,13+,14+/m1/s1. The van der Waals surface area contributed by atoms with Gasteiger partial charge in [0.15, 0.2) is 5.82 Å². The molecule has 2 aliphatic rings. The highest BCUT2D eigenvalue weighted by molar-refractivity contribution is 6.04. The summed E-state index contributed by atoms with van der Waals surface area (Å²) in [6, 6.07) is 1.57. The lowest BCUT2D eigenvalue weighted by molar-refractivity contribution is -0.149. The average molecular weight is 525 g/mol. The Morgan fingerprint density at radius 3 is 2.81 bits per heavy atom. The fourth-order valence-electron chi connectivity index (χ4n) is 4.01. The van der Waals surface area contributed by atoms with Crippen LogP contribution in [0.5, 0.6) is 5.88 Å². The quantitative estimate of drug-likeness (QED) is 0.419. The minimum Gasteiger partial charge on any atom is -0.475 e. The number of aromatic nitrogens is 3. The fraction of sp³-hybridized carbons (Fsp3) is 0.500. The van der Waals surface area contributed by atoms with Gasteiger partial charge in [-0.15, -0.1) is 0 Å². The SMILES string of the molecule is C[C@@H](NC(=O)c1ncc2c(n1)N(C(=O)Nc1cccc(OC[C@@H](O)CO)n1)[C@H]1CCCN2C1)C(F)(F)F. The van der Waals surface area contributed by atoms with Crippen molar-refractivity contribution in [2.24, 2.45) is 0 Å². The average Bonchev–Trinajstić information content (AvgIpc) is 2.86. The van der Waals surface area contributed by atoms with Crippen LogP contribution in [0.1, 0.15) is 30.4 Å². The molecule has 200 valence electrons. The first-order chi connectivity index (χ1) is 17.6. The molecule has 0 unspecified atom stereocenters. The first kappa shape index (κ1) is 26.3. The Kier molecular flexibility index (Phi) is 7.63. The molecule has 4 heterocycles. The number of alkyl halides is 3. The van der Waals surface area contributed by atoms with E-state index in [4.69, 9.17) is 9.84 Å². The van der Waals surface area contributed by atoms with Crippen molar-refractivity contribution in [1.29, 1.82) is 0 Å². The number of hydrogen-bond acceptors (Lipinski definition) is 9. The van der Waals surface area contributed by atoms with Crippen molar-refractivity contribution in [1.82, 2.24) is 20.3 Å². The number of pyridine rings is 1. The van der Waals surface area contributed by atoms with Gasteiger partial charge in [-0.2, -0.15) is 18.2 Å². The molecule has 2 aromatic heterocycles. The molecule has 1 saturated heterocycles. The number of carbonyl (C=O) groups is 2. The predicted molar refractivity (Wildman–Crippen MR) is 125 cm³/mol. The van der Waals surface area contributed by atoms with Crippen LogP contribution >= 0.6 is 0 Å². The van der Waals surface area contributed by atoms with Gasteiger partial charge in [0, 0.05) is 19.2 Å². The number of nitrogens with zero attached hydrogens (tertiary/aromatic N) is 5. The molecule has 4 rings (SSSR count). The van der Waals surface area contributed by atoms with Crippen LogP contribution in [0.2, 0.25) is 0 Å². The van der Waals surface area contributed by atoms with Crippen LogP contribution in [0.25, 0.3) is 0 Å². The fourth-order valence-corrected chi connectivity index (χ4v) is 4.01. The largest absolute Gasteiger partial charge is 0.475 e. The summed E-state index contributed by atoms with van der Waals surface area (Å²) in [5, 5.41) is 22.8. The third-order valence-electron chi connectivity index (χ3n) is 5.93. The number of piperidine rings is 1. The molecular formula is C22H26F3N7O5. The number of hydrogen-bond donors (Lipinski definition) is 4. The maximum Gasteiger partial charge on any atom is 0.408 e. The molecule has 1 fully saturated rings. The van der Waals surface area contributed by atoms with E-state index in [1.807, 2.05) is 10.2 Å². The van der Waals surface area contributed by atoms with Gasteiger partial charge in [0.25, 0.3) is 5.91 Å². The van der Waals surface area contributed by atoms with Crippen LogP contribution in [-0.4, -0.2) is 87.8 Å². The van der Waals surface area contributed by atoms with E-state index in [9.17, 15) is 27.9 Å². The number of ether oxygens (including phenoxy) is 1. The molecule has 0 saturated carbocycles. The normalized spacial score (nSPS) is 18.5. The lowest BCUT2D eigenvalue weighted by Crippen LogP contribution is -2.56. The summed E-state index contributed by atoms with van der Waals surface area (Å²) in [4.78, 5) is 41.4. The molecule has 12 nitrogen and oxygen atoms in total. The molecule has 3 atom stereocenters. The smallest absolute Gasteiger partial charge is 0.408 e. The van der Waals surface area contributed by atoms with Crippen LogP contribution < -0.4 is 25.2 Å². The number of aliphatic hydroxyl groups excluding tert-OH is 2. The number of aliphatic hydroxyl groups is 2. The first-order valence-electron chi connectivity index (χ1n) is 11.6. The number of nitrogens with one attached hydrogen (secondary N) is 2. The Bertz CT molecular complexity index is 1150. The Balaban J connectivity index is 1.57. The minimum absolute atomic E-state index is 0.103. The molecule has 4 N–H and O–H groups in total. The minimum atomic E-state index is -4.64. The molecule has 0 radical (unpaired) electrons. The lowest BCUT2D eigenvalue weighted by atomic mass is 10.0. The number of urea groups is 1. The second-order valence-corrected chi connectivity index (χ2v) is 8.69. The summed E-state index contributed by atoms with van der Waals surface area (Å²) >= 11 is 0. The van der Waals surface area contributed by atoms with Crippen molar-refractivity contribution >= 4 is 29.3 Å². The summed E-state index contributed by atoms with van der Waals surface area (Å²) in [6.45, 7) is 1.30. The molecule has 0 spiro atoms. The molecule has 2 bridgehead atoms. The first-order valence-corrected chi connectivity index (χ1v) is 11.6. The molecule has 0 aromatic carbocycles. The Morgan fingerprint density at radius 1 is 1.30 bits per heavy atom. The van der Waals surface area contributed by atoms with Crippen LogP contribution in [0.15, 0.2) is 24.4 Å². The van der Waals surface area contributed by atoms with E-state index >= 15 is 0 Å². The van der Waals surface area contributed by atoms with Gasteiger partial charge in [-0.1, -0.05) is 6.07 Å². The molecule has 2 aliphatic heterocycles. The van der Waals surface area contributed by atoms with Gasteiger partial charge in [0.1, 0.15) is 24.6 Å². The van der Waals surface area contributed by atoms with Crippen molar-refractivity contribution in [2.45, 2.75) is 44.1 Å². The molecular weight excluding hydrogens is 499 g/mol. The molecule has 0 aliphatic carbocycles. The van der Waals surface area contributed by atoms with E-state index < -0.39 is 42.7 Å². The van der Waals surface area contributed by atoms with Gasteiger partial charge in [-0.25, -0.2) is 14.8 Å². The number of anilines is 3. The van der Waals surface area contributed by atoms with Crippen LogP contribution in [0.3, 0.4) is 0 Å². The van der Waals surface area contributed by atoms with Gasteiger partial charge in [-0.05, 0) is 25.8 Å². The van der Waals surface area contributed by atoms with Crippen molar-refractivity contribution in [2.75, 3.05) is 41.4 Å². The van der Waals surface area contributed by atoms with Crippen LogP contribution in [-0.2, 0) is 0 Å². The van der Waals surface area contributed by atoms with Crippen molar-refractivity contribution in [3.8, 4) is 5.88 Å². The van der Waals surface area contributed by atoms with Gasteiger partial charge in [0.05, 0.1) is 24.5 Å². The Labute approximate surface area is 209 Å². The van der Waals surface area contributed by atoms with Gasteiger partial charge in [-0.3, -0.25) is 15.0 Å². The van der Waals surface area contributed by atoms with Crippen molar-refractivity contribution < 1.29 is 37.7 Å². The summed E-state index contributed by atoms with van der Waals surface area (Å²) < 4.78 is 44.0. The van der Waals surface area contributed by atoms with Crippen molar-refractivity contribution in [3.63, 3.8) is 0 Å². The predicted octanol–water partition coefficient (Wildman–Crippen LogP) is 1.31. The summed E-state index contributed by atoms with van der Waals surface area (Å²) in [7, 11) is 0. The van der Waals surface area contributed by atoms with Crippen LogP contribution in [0, 0.1) is 0 Å². The zero-order valence-corrected chi connectivity index (χ0v) is 19.8. The Morgan fingerprint density at radius 2 is 2.08 bits per heavy atom. The monoisotopic (exact) mass is 525 g/mol. The molecule has 2 aromatic rings. The van der Waals surface area contributed by atoms with Gasteiger partial charge < -0.3 is 25.2 Å². The highest BCUT2D eigenvalue weighted by atomic mass is 19.4. The highest BCUT2D eigenvalue weighted by Gasteiger charge is 2.40. The summed E-state index contributed by atoms with van der Waals surface area (Å²) in [5.41, 5.74) is 0.481. The number of amides is 3. The summed E-state index contributed by atoms with van der Waals surface area (Å²) in [6.07, 6.45) is -2.97. The molecule has 15 heteroatoms. The third kappa shape index (κ3) is 5.99. The topological polar surface area (TPSA) is 153 Å². The van der Waals surface area contributed by atoms with Crippen LogP contribution in [0.4, 0.5) is 35.3 Å². The van der Waals surface area contributed by atoms with Gasteiger partial charge in [0.2, 0.25) is 11.7 Å². The third-order valence-corrected chi connectivity index (χ3v) is 5.93. The van der Waals surface area contributed by atoms with E-state index in [1.54, 1.807) is 6.07 Å². The van der Waals surface area contributed by atoms with E-state index in [1.165, 1.54) is 23.2 Å². The zero-order valence-electron chi connectivity index (χ0n) is 19.8. The maximum absolute atomic E-state index is 13.4. The number of fused-ring (bicyclic) bond motifs is 4. The van der Waals surface area contributed by atoms with E-state index in [2.05, 4.69) is 20.3 Å². The number of halogens is 3. The zero-order chi connectivity index (χ0) is 26.7. The molecule has 37 heavy (non-hydrogen) atoms. The lowest BCUT2D eigenvalue weighted by Gasteiger charge is -2.45. The van der Waals surface area contributed by atoms with Gasteiger partial charge >= 0.3 is 12.2 Å². The van der Waals surface area contributed by atoms with E-state index in [0.29, 0.717) is 25.2 Å². The van der Waals surface area contributed by atoms with Crippen molar-refractivity contribution in [3.05, 3.63) is 30.2 Å². The van der Waals surface area contributed by atoms with E-state index in [0.717, 1.165) is 13.3 Å². The second-order valence-electron chi connectivity index (χ2n) is 8.69. The highest BCUT2D eigenvalue weighted by Crippen LogP contribution is 2.37. The number of carbonyl (C=O) groups excluding carboxylic acids is 2. The van der Waals surface area contributed by atoms with E-state index in [-0.39, 0.29) is 30.2 Å². The molecule has 3 amide bonds. The summed E-state index contributed by atoms with van der Waals surface area (Å²) in [5.74, 6) is -1.27. The second kappa shape index (κ2) is 10.7. The Hall–Kier alpha value is -3.72. The maximum atomic E-state index is 13.4.